The van der Waals surface area contributed by atoms with E-state index in [4.69, 9.17) is 17.0 Å². The number of hydrogen-bond donors (Lipinski definition) is 2. The second kappa shape index (κ2) is 7.85. The van der Waals surface area contributed by atoms with Crippen LogP contribution < -0.4 is 10.6 Å². The highest BCUT2D eigenvalue weighted by molar-refractivity contribution is 7.80. The predicted octanol–water partition coefficient (Wildman–Crippen LogP) is 2.21. The van der Waals surface area contributed by atoms with E-state index in [-0.39, 0.29) is 6.10 Å². The second-order valence-corrected chi connectivity index (χ2v) is 4.86. The van der Waals surface area contributed by atoms with Crippen LogP contribution in [0.25, 0.3) is 0 Å². The third kappa shape index (κ3) is 5.66. The lowest BCUT2D eigenvalue weighted by Gasteiger charge is -2.25. The normalized spacial score (nSPS) is 19.1. The summed E-state index contributed by atoms with van der Waals surface area (Å²) in [5.74, 6) is 0. The molecule has 1 unspecified atom stereocenters. The van der Waals surface area contributed by atoms with Gasteiger partial charge in [-0.15, -0.1) is 0 Å². The van der Waals surface area contributed by atoms with Gasteiger partial charge in [0, 0.05) is 19.2 Å². The fourth-order valence-electron chi connectivity index (χ4n) is 2.06. The standard InChI is InChI=1S/C12H24N2OS/c1-3-15-10(2)9-13-12(16)14-11-7-5-4-6-8-11/h10-11H,3-9H2,1-2H3,(H2,13,14,16). The summed E-state index contributed by atoms with van der Waals surface area (Å²) in [6.45, 7) is 5.60. The summed E-state index contributed by atoms with van der Waals surface area (Å²) in [6, 6.07) is 0.580. The fraction of sp³-hybridized carbons (Fsp3) is 0.917. The summed E-state index contributed by atoms with van der Waals surface area (Å²) in [7, 11) is 0. The first-order chi connectivity index (χ1) is 7.72. The van der Waals surface area contributed by atoms with E-state index in [1.165, 1.54) is 32.1 Å². The van der Waals surface area contributed by atoms with Gasteiger partial charge in [-0.2, -0.15) is 0 Å². The van der Waals surface area contributed by atoms with E-state index in [1.807, 2.05) is 6.92 Å². The Labute approximate surface area is 104 Å². The van der Waals surface area contributed by atoms with Crippen LogP contribution in [-0.2, 0) is 4.74 Å². The Morgan fingerprint density at radius 2 is 2.06 bits per heavy atom. The highest BCUT2D eigenvalue weighted by atomic mass is 32.1. The molecule has 3 nitrogen and oxygen atoms in total. The van der Waals surface area contributed by atoms with E-state index in [1.54, 1.807) is 0 Å². The molecule has 1 fully saturated rings. The molecule has 0 aliphatic heterocycles. The van der Waals surface area contributed by atoms with Crippen molar-refractivity contribution in [2.75, 3.05) is 13.2 Å². The Bertz CT molecular complexity index is 205. The molecule has 1 rings (SSSR count). The van der Waals surface area contributed by atoms with E-state index < -0.39 is 0 Å². The summed E-state index contributed by atoms with van der Waals surface area (Å²) in [5, 5.41) is 7.37. The molecular formula is C12H24N2OS. The maximum atomic E-state index is 5.43. The monoisotopic (exact) mass is 244 g/mol. The summed E-state index contributed by atoms with van der Waals surface area (Å²) in [6.07, 6.45) is 6.76. The lowest BCUT2D eigenvalue weighted by atomic mass is 9.96. The van der Waals surface area contributed by atoms with Crippen molar-refractivity contribution in [2.24, 2.45) is 0 Å². The van der Waals surface area contributed by atoms with Gasteiger partial charge in [-0.05, 0) is 38.9 Å². The Kier molecular flexibility index (Phi) is 6.73. The van der Waals surface area contributed by atoms with Crippen molar-refractivity contribution >= 4 is 17.3 Å². The van der Waals surface area contributed by atoms with Crippen molar-refractivity contribution in [1.29, 1.82) is 0 Å². The van der Waals surface area contributed by atoms with Crippen LogP contribution in [0.1, 0.15) is 46.0 Å². The number of thiocarbonyl (C=S) groups is 1. The van der Waals surface area contributed by atoms with Crippen molar-refractivity contribution in [1.82, 2.24) is 10.6 Å². The van der Waals surface area contributed by atoms with Crippen molar-refractivity contribution in [3.05, 3.63) is 0 Å². The van der Waals surface area contributed by atoms with E-state index in [0.717, 1.165) is 18.3 Å². The molecule has 94 valence electrons. The SMILES string of the molecule is CCOC(C)CNC(=S)NC1CCCCC1. The van der Waals surface area contributed by atoms with Gasteiger partial charge >= 0.3 is 0 Å². The zero-order chi connectivity index (χ0) is 11.8. The first kappa shape index (κ1) is 13.7. The third-order valence-electron chi connectivity index (χ3n) is 2.94. The molecule has 4 heteroatoms. The molecule has 0 heterocycles. The van der Waals surface area contributed by atoms with Crippen LogP contribution in [0.4, 0.5) is 0 Å². The third-order valence-corrected chi connectivity index (χ3v) is 3.20. The lowest BCUT2D eigenvalue weighted by molar-refractivity contribution is 0.0793. The first-order valence-electron chi connectivity index (χ1n) is 6.38. The molecule has 0 bridgehead atoms. The molecule has 2 N–H and O–H groups in total. The average Bonchev–Trinajstić information content (AvgIpc) is 2.28. The molecule has 0 aromatic rings. The molecule has 1 saturated carbocycles. The topological polar surface area (TPSA) is 33.3 Å². The second-order valence-electron chi connectivity index (χ2n) is 4.46. The molecule has 1 aliphatic rings. The van der Waals surface area contributed by atoms with Crippen molar-refractivity contribution in [3.63, 3.8) is 0 Å². The van der Waals surface area contributed by atoms with Gasteiger partial charge in [0.15, 0.2) is 5.11 Å². The van der Waals surface area contributed by atoms with E-state index in [9.17, 15) is 0 Å². The molecule has 0 aromatic carbocycles. The zero-order valence-corrected chi connectivity index (χ0v) is 11.2. The van der Waals surface area contributed by atoms with Gasteiger partial charge in [0.25, 0.3) is 0 Å². The van der Waals surface area contributed by atoms with Gasteiger partial charge in [-0.3, -0.25) is 0 Å². The minimum Gasteiger partial charge on any atom is -0.377 e. The van der Waals surface area contributed by atoms with E-state index >= 15 is 0 Å². The van der Waals surface area contributed by atoms with Crippen LogP contribution in [0.5, 0.6) is 0 Å². The van der Waals surface area contributed by atoms with Crippen molar-refractivity contribution in [3.8, 4) is 0 Å². The molecule has 1 atom stereocenters. The van der Waals surface area contributed by atoms with Gasteiger partial charge < -0.3 is 15.4 Å². The maximum absolute atomic E-state index is 5.43. The summed E-state index contributed by atoms with van der Waals surface area (Å²) in [5.41, 5.74) is 0. The van der Waals surface area contributed by atoms with Gasteiger partial charge in [0.05, 0.1) is 6.10 Å². The summed E-state index contributed by atoms with van der Waals surface area (Å²) in [4.78, 5) is 0. The molecule has 0 radical (unpaired) electrons. The smallest absolute Gasteiger partial charge is 0.166 e. The van der Waals surface area contributed by atoms with Gasteiger partial charge in [0.2, 0.25) is 0 Å². The van der Waals surface area contributed by atoms with E-state index in [0.29, 0.717) is 6.04 Å². The Morgan fingerprint density at radius 1 is 1.38 bits per heavy atom. The van der Waals surface area contributed by atoms with Crippen molar-refractivity contribution in [2.45, 2.75) is 58.1 Å². The maximum Gasteiger partial charge on any atom is 0.166 e. The van der Waals surface area contributed by atoms with Crippen LogP contribution in [0.2, 0.25) is 0 Å². The summed E-state index contributed by atoms with van der Waals surface area (Å²) >= 11 is 5.26. The van der Waals surface area contributed by atoms with E-state index in [2.05, 4.69) is 17.6 Å². The highest BCUT2D eigenvalue weighted by Crippen LogP contribution is 2.17. The van der Waals surface area contributed by atoms with Gasteiger partial charge in [0.1, 0.15) is 0 Å². The number of nitrogens with one attached hydrogen (secondary N) is 2. The summed E-state index contributed by atoms with van der Waals surface area (Å²) < 4.78 is 5.43. The molecule has 0 amide bonds. The lowest BCUT2D eigenvalue weighted by Crippen LogP contribution is -2.44. The highest BCUT2D eigenvalue weighted by Gasteiger charge is 2.13. The molecule has 1 aliphatic carbocycles. The molecule has 16 heavy (non-hydrogen) atoms. The van der Waals surface area contributed by atoms with Crippen LogP contribution in [-0.4, -0.2) is 30.4 Å². The number of hydrogen-bond acceptors (Lipinski definition) is 2. The van der Waals surface area contributed by atoms with Gasteiger partial charge in [-0.25, -0.2) is 0 Å². The van der Waals surface area contributed by atoms with Crippen LogP contribution in [0.3, 0.4) is 0 Å². The largest absolute Gasteiger partial charge is 0.377 e. The van der Waals surface area contributed by atoms with Crippen molar-refractivity contribution < 1.29 is 4.74 Å². The minimum absolute atomic E-state index is 0.219. The molecule has 0 saturated heterocycles. The Morgan fingerprint density at radius 3 is 2.69 bits per heavy atom. The molecule has 0 spiro atoms. The number of ether oxygens (including phenoxy) is 1. The quantitative estimate of drug-likeness (QED) is 0.727. The zero-order valence-electron chi connectivity index (χ0n) is 10.4. The first-order valence-corrected chi connectivity index (χ1v) is 6.79. The Balaban J connectivity index is 2.10. The van der Waals surface area contributed by atoms with Crippen LogP contribution in [0, 0.1) is 0 Å². The number of rotatable bonds is 5. The Hall–Kier alpha value is -0.350. The fourth-order valence-corrected chi connectivity index (χ4v) is 2.31. The predicted molar refractivity (Wildman–Crippen MR) is 71.7 cm³/mol. The average molecular weight is 244 g/mol. The minimum atomic E-state index is 0.219. The molecular weight excluding hydrogens is 220 g/mol. The van der Waals surface area contributed by atoms with Gasteiger partial charge in [-0.1, -0.05) is 19.3 Å². The van der Waals surface area contributed by atoms with Crippen LogP contribution in [0.15, 0.2) is 0 Å². The molecule has 0 aromatic heterocycles. The van der Waals surface area contributed by atoms with Crippen LogP contribution >= 0.6 is 12.2 Å².